The first-order valence-corrected chi connectivity index (χ1v) is 13.3. The number of carbonyl (C=O) groups excluding carboxylic acids is 2. The number of carbonyl (C=O) groups is 2. The second kappa shape index (κ2) is 12.7. The van der Waals surface area contributed by atoms with Crippen LogP contribution in [0.4, 0.5) is 0 Å². The Labute approximate surface area is 218 Å². The largest absolute Gasteiger partial charge is 0.493 e. The molecule has 3 aromatic rings. The number of ether oxygens (including phenoxy) is 2. The highest BCUT2D eigenvalue weighted by Crippen LogP contribution is 2.32. The Kier molecular flexibility index (Phi) is 9.71. The van der Waals surface area contributed by atoms with E-state index in [1.807, 2.05) is 12.1 Å². The van der Waals surface area contributed by atoms with E-state index in [1.165, 1.54) is 46.3 Å². The third-order valence-corrected chi connectivity index (χ3v) is 7.29. The highest BCUT2D eigenvalue weighted by atomic mass is 32.1. The number of aryl methyl sites for hydroxylation is 2. The molecule has 0 saturated heterocycles. The van der Waals surface area contributed by atoms with Gasteiger partial charge in [-0.25, -0.2) is 0 Å². The summed E-state index contributed by atoms with van der Waals surface area (Å²) >= 11 is 1.48. The van der Waals surface area contributed by atoms with Crippen LogP contribution >= 0.6 is 11.3 Å². The van der Waals surface area contributed by atoms with E-state index < -0.39 is 0 Å². The minimum absolute atomic E-state index is 0.163. The molecule has 0 aliphatic rings. The first-order chi connectivity index (χ1) is 17.2. The van der Waals surface area contributed by atoms with Crippen LogP contribution in [-0.2, 0) is 16.0 Å². The molecule has 5 nitrogen and oxygen atoms in total. The van der Waals surface area contributed by atoms with Gasteiger partial charge in [-0.3, -0.25) is 9.59 Å². The fourth-order valence-corrected chi connectivity index (χ4v) is 5.30. The molecule has 0 aliphatic heterocycles. The van der Waals surface area contributed by atoms with Gasteiger partial charge in [-0.2, -0.15) is 0 Å². The Hall–Kier alpha value is -3.12. The van der Waals surface area contributed by atoms with Gasteiger partial charge >= 0.3 is 5.97 Å². The van der Waals surface area contributed by atoms with Crippen LogP contribution in [0.2, 0.25) is 0 Å². The number of nitrogens with one attached hydrogen (secondary N) is 1. The van der Waals surface area contributed by atoms with Gasteiger partial charge in [-0.15, -0.1) is 11.3 Å². The zero-order valence-corrected chi connectivity index (χ0v) is 23.0. The van der Waals surface area contributed by atoms with Crippen molar-refractivity contribution in [2.24, 2.45) is 5.92 Å². The highest BCUT2D eigenvalue weighted by Gasteiger charge is 2.14. The first kappa shape index (κ1) is 27.5. The summed E-state index contributed by atoms with van der Waals surface area (Å²) in [6, 6.07) is 16.9. The molecule has 1 aromatic heterocycles. The molecule has 1 N–H and O–H groups in total. The summed E-state index contributed by atoms with van der Waals surface area (Å²) < 4.78 is 10.8. The molecule has 1 unspecified atom stereocenters. The van der Waals surface area contributed by atoms with Crippen LogP contribution in [0.1, 0.15) is 64.3 Å². The molecule has 6 heteroatoms. The third kappa shape index (κ3) is 7.44. The number of hydrogen-bond donors (Lipinski definition) is 1. The van der Waals surface area contributed by atoms with Crippen LogP contribution in [0.5, 0.6) is 5.75 Å². The summed E-state index contributed by atoms with van der Waals surface area (Å²) in [6.45, 7) is 11.7. The average molecular weight is 508 g/mol. The summed E-state index contributed by atoms with van der Waals surface area (Å²) in [7, 11) is 1.34. The Balaban J connectivity index is 1.54. The van der Waals surface area contributed by atoms with E-state index in [-0.39, 0.29) is 24.8 Å². The molecular formula is C30H37NO4S. The van der Waals surface area contributed by atoms with Crippen molar-refractivity contribution < 1.29 is 19.1 Å². The second-order valence-corrected chi connectivity index (χ2v) is 10.8. The maximum Gasteiger partial charge on any atom is 0.307 e. The highest BCUT2D eigenvalue weighted by molar-refractivity contribution is 7.14. The molecule has 3 rings (SSSR count). The Bertz CT molecular complexity index is 1160. The minimum Gasteiger partial charge on any atom is -0.493 e. The molecule has 1 heterocycles. The van der Waals surface area contributed by atoms with E-state index in [1.54, 1.807) is 0 Å². The van der Waals surface area contributed by atoms with E-state index in [2.05, 4.69) is 81.1 Å². The number of hydrogen-bond acceptors (Lipinski definition) is 5. The standard InChI is InChI=1S/C30H37NO4S/c1-19(2)23-7-9-24(10-8-23)29-21(4)16-25(17-22(29)5)35-18-20(3)15-26-11-12-27(36-26)30(33)31-14-13-28(32)34-6/h7-12,16-17,19-20H,13-15,18H2,1-6H3,(H,31,33). The molecule has 36 heavy (non-hydrogen) atoms. The number of esters is 1. The SMILES string of the molecule is COC(=O)CCNC(=O)c1ccc(CC(C)COc2cc(C)c(-c3ccc(C(C)C)cc3)c(C)c2)s1. The molecule has 0 fully saturated rings. The second-order valence-electron chi connectivity index (χ2n) is 9.68. The lowest BCUT2D eigenvalue weighted by Gasteiger charge is -2.17. The topological polar surface area (TPSA) is 64.6 Å². The lowest BCUT2D eigenvalue weighted by molar-refractivity contribution is -0.140. The third-order valence-electron chi connectivity index (χ3n) is 6.18. The van der Waals surface area contributed by atoms with Crippen molar-refractivity contribution in [2.45, 2.75) is 53.4 Å². The van der Waals surface area contributed by atoms with Crippen LogP contribution in [-0.4, -0.2) is 32.1 Å². The van der Waals surface area contributed by atoms with Gasteiger partial charge in [-0.1, -0.05) is 45.0 Å². The van der Waals surface area contributed by atoms with E-state index in [4.69, 9.17) is 4.74 Å². The van der Waals surface area contributed by atoms with Crippen molar-refractivity contribution in [1.82, 2.24) is 5.32 Å². The van der Waals surface area contributed by atoms with Gasteiger partial charge in [0.1, 0.15) is 5.75 Å². The molecule has 1 atom stereocenters. The lowest BCUT2D eigenvalue weighted by Crippen LogP contribution is -2.25. The molecular weight excluding hydrogens is 470 g/mol. The van der Waals surface area contributed by atoms with Crippen molar-refractivity contribution in [3.63, 3.8) is 0 Å². The van der Waals surface area contributed by atoms with Gasteiger partial charge in [0.15, 0.2) is 0 Å². The maximum absolute atomic E-state index is 12.3. The molecule has 0 bridgehead atoms. The van der Waals surface area contributed by atoms with Crippen LogP contribution < -0.4 is 10.1 Å². The van der Waals surface area contributed by atoms with Crippen LogP contribution in [0.3, 0.4) is 0 Å². The summed E-state index contributed by atoms with van der Waals surface area (Å²) in [5.74, 6) is 1.20. The Morgan fingerprint density at radius 2 is 1.64 bits per heavy atom. The van der Waals surface area contributed by atoms with Gasteiger partial charge in [0.05, 0.1) is 25.0 Å². The van der Waals surface area contributed by atoms with Gasteiger partial charge in [0.2, 0.25) is 0 Å². The zero-order valence-electron chi connectivity index (χ0n) is 22.1. The molecule has 0 radical (unpaired) electrons. The quantitative estimate of drug-likeness (QED) is 0.293. The Morgan fingerprint density at radius 3 is 2.25 bits per heavy atom. The normalized spacial score (nSPS) is 11.9. The van der Waals surface area contributed by atoms with Gasteiger partial charge in [0.25, 0.3) is 5.91 Å². The summed E-state index contributed by atoms with van der Waals surface area (Å²) in [5.41, 5.74) is 6.26. The minimum atomic E-state index is -0.337. The molecule has 0 aliphatic carbocycles. The van der Waals surface area contributed by atoms with Crippen LogP contribution in [0.25, 0.3) is 11.1 Å². The van der Waals surface area contributed by atoms with Gasteiger partial charge < -0.3 is 14.8 Å². The van der Waals surface area contributed by atoms with E-state index in [0.717, 1.165) is 17.0 Å². The molecule has 1 amide bonds. The molecule has 0 spiro atoms. The zero-order chi connectivity index (χ0) is 26.2. The van der Waals surface area contributed by atoms with Gasteiger partial charge in [-0.05, 0) is 84.2 Å². The van der Waals surface area contributed by atoms with E-state index in [9.17, 15) is 9.59 Å². The van der Waals surface area contributed by atoms with Crippen molar-refractivity contribution >= 4 is 23.2 Å². The number of methoxy groups -OCH3 is 1. The fourth-order valence-electron chi connectivity index (χ4n) is 4.21. The van der Waals surface area contributed by atoms with E-state index >= 15 is 0 Å². The smallest absolute Gasteiger partial charge is 0.307 e. The van der Waals surface area contributed by atoms with Crippen molar-refractivity contribution in [3.05, 3.63) is 75.0 Å². The van der Waals surface area contributed by atoms with E-state index in [0.29, 0.717) is 23.3 Å². The number of thiophene rings is 1. The first-order valence-electron chi connectivity index (χ1n) is 12.5. The summed E-state index contributed by atoms with van der Waals surface area (Å²) in [6.07, 6.45) is 0.998. The maximum atomic E-state index is 12.3. The monoisotopic (exact) mass is 507 g/mol. The van der Waals surface area contributed by atoms with Crippen LogP contribution in [0, 0.1) is 19.8 Å². The molecule has 2 aromatic carbocycles. The molecule has 192 valence electrons. The number of benzene rings is 2. The summed E-state index contributed by atoms with van der Waals surface area (Å²) in [4.78, 5) is 25.3. The van der Waals surface area contributed by atoms with Crippen molar-refractivity contribution in [1.29, 1.82) is 0 Å². The predicted molar refractivity (Wildman–Crippen MR) is 147 cm³/mol. The number of amides is 1. The van der Waals surface area contributed by atoms with Crippen molar-refractivity contribution in [2.75, 3.05) is 20.3 Å². The summed E-state index contributed by atoms with van der Waals surface area (Å²) in [5, 5.41) is 2.76. The van der Waals surface area contributed by atoms with Crippen molar-refractivity contribution in [3.8, 4) is 16.9 Å². The predicted octanol–water partition coefficient (Wildman–Crippen LogP) is 6.71. The molecule has 0 saturated carbocycles. The van der Waals surface area contributed by atoms with Gasteiger partial charge in [0, 0.05) is 11.4 Å². The van der Waals surface area contributed by atoms with Crippen LogP contribution in [0.15, 0.2) is 48.5 Å². The average Bonchev–Trinajstić information content (AvgIpc) is 3.31. The number of rotatable bonds is 11. The lowest BCUT2D eigenvalue weighted by atomic mass is 9.93. The Morgan fingerprint density at radius 1 is 0.972 bits per heavy atom. The fraction of sp³-hybridized carbons (Fsp3) is 0.400.